The van der Waals surface area contributed by atoms with Crippen LogP contribution < -0.4 is 5.32 Å². The van der Waals surface area contributed by atoms with Crippen molar-refractivity contribution >= 4 is 11.0 Å². The molecule has 20 heavy (non-hydrogen) atoms. The van der Waals surface area contributed by atoms with Crippen molar-refractivity contribution in [3.8, 4) is 0 Å². The van der Waals surface area contributed by atoms with Crippen LogP contribution in [-0.2, 0) is 0 Å². The summed E-state index contributed by atoms with van der Waals surface area (Å²) in [5.74, 6) is 1.06. The molecule has 2 aromatic rings. The Morgan fingerprint density at radius 1 is 1.05 bits per heavy atom. The molecule has 0 spiro atoms. The van der Waals surface area contributed by atoms with Crippen LogP contribution in [0.25, 0.3) is 11.0 Å². The van der Waals surface area contributed by atoms with E-state index in [0.29, 0.717) is 12.1 Å². The quantitative estimate of drug-likeness (QED) is 0.830. The molecule has 1 heterocycles. The largest absolute Gasteiger partial charge is 0.459 e. The second-order valence-electron chi connectivity index (χ2n) is 6.12. The van der Waals surface area contributed by atoms with Gasteiger partial charge in [-0.25, -0.2) is 0 Å². The number of fused-ring (bicyclic) bond motifs is 1. The first-order valence-electron chi connectivity index (χ1n) is 8.07. The number of nitrogens with one attached hydrogen (secondary N) is 1. The van der Waals surface area contributed by atoms with Crippen molar-refractivity contribution in [3.63, 3.8) is 0 Å². The van der Waals surface area contributed by atoms with Crippen LogP contribution in [0.3, 0.4) is 0 Å². The molecule has 1 fully saturated rings. The molecular weight excluding hydrogens is 246 g/mol. The molecule has 2 heteroatoms. The van der Waals surface area contributed by atoms with Crippen LogP contribution in [0.15, 0.2) is 34.7 Å². The Morgan fingerprint density at radius 2 is 1.75 bits per heavy atom. The minimum absolute atomic E-state index is 0.298. The van der Waals surface area contributed by atoms with Gasteiger partial charge in [0.1, 0.15) is 11.3 Å². The predicted octanol–water partition coefficient (Wildman–Crippen LogP) is 5.20. The standard InChI is InChI=1S/C18H25NO/c1-14(19-16-10-5-3-2-4-6-11-16)18-13-15-9-7-8-12-17(15)20-18/h7-9,12-14,16,19H,2-6,10-11H2,1H3. The summed E-state index contributed by atoms with van der Waals surface area (Å²) in [6.07, 6.45) is 9.57. The lowest BCUT2D eigenvalue weighted by atomic mass is 9.96. The van der Waals surface area contributed by atoms with Crippen LogP contribution in [0, 0.1) is 0 Å². The van der Waals surface area contributed by atoms with E-state index in [0.717, 1.165) is 11.3 Å². The van der Waals surface area contributed by atoms with Crippen LogP contribution in [-0.4, -0.2) is 6.04 Å². The lowest BCUT2D eigenvalue weighted by molar-refractivity contribution is 0.340. The molecule has 1 aromatic heterocycles. The molecule has 0 aliphatic heterocycles. The first-order valence-corrected chi connectivity index (χ1v) is 8.07. The first kappa shape index (κ1) is 13.7. The number of para-hydroxylation sites is 1. The Balaban J connectivity index is 1.66. The van der Waals surface area contributed by atoms with Gasteiger partial charge in [0.05, 0.1) is 6.04 Å². The Bertz CT molecular complexity index is 504. The van der Waals surface area contributed by atoms with Crippen molar-refractivity contribution in [1.82, 2.24) is 5.32 Å². The fraction of sp³-hybridized carbons (Fsp3) is 0.556. The van der Waals surface area contributed by atoms with Crippen molar-refractivity contribution < 1.29 is 4.42 Å². The molecule has 1 aliphatic rings. The minimum atomic E-state index is 0.298. The van der Waals surface area contributed by atoms with Gasteiger partial charge in [0, 0.05) is 11.4 Å². The molecule has 0 amide bonds. The highest BCUT2D eigenvalue weighted by Gasteiger charge is 2.17. The highest BCUT2D eigenvalue weighted by molar-refractivity contribution is 5.77. The van der Waals surface area contributed by atoms with Crippen LogP contribution >= 0.6 is 0 Å². The maximum atomic E-state index is 5.96. The molecule has 1 saturated carbocycles. The third-order valence-electron chi connectivity index (χ3n) is 4.46. The number of hydrogen-bond acceptors (Lipinski definition) is 2. The number of furan rings is 1. The summed E-state index contributed by atoms with van der Waals surface area (Å²) < 4.78 is 5.96. The van der Waals surface area contributed by atoms with E-state index in [2.05, 4.69) is 30.4 Å². The Labute approximate surface area is 121 Å². The summed E-state index contributed by atoms with van der Waals surface area (Å²) in [6, 6.07) is 11.4. The molecule has 1 aliphatic carbocycles. The van der Waals surface area contributed by atoms with Gasteiger partial charge < -0.3 is 9.73 Å². The van der Waals surface area contributed by atoms with Crippen LogP contribution in [0.2, 0.25) is 0 Å². The van der Waals surface area contributed by atoms with Gasteiger partial charge in [0.15, 0.2) is 0 Å². The highest BCUT2D eigenvalue weighted by Crippen LogP contribution is 2.25. The van der Waals surface area contributed by atoms with Gasteiger partial charge in [-0.2, -0.15) is 0 Å². The zero-order valence-electron chi connectivity index (χ0n) is 12.4. The van der Waals surface area contributed by atoms with E-state index in [-0.39, 0.29) is 0 Å². The van der Waals surface area contributed by atoms with Gasteiger partial charge in [-0.15, -0.1) is 0 Å². The fourth-order valence-corrected chi connectivity index (χ4v) is 3.27. The van der Waals surface area contributed by atoms with Crippen LogP contribution in [0.1, 0.15) is 63.7 Å². The van der Waals surface area contributed by atoms with Crippen molar-refractivity contribution in [2.45, 2.75) is 64.0 Å². The van der Waals surface area contributed by atoms with E-state index < -0.39 is 0 Å². The van der Waals surface area contributed by atoms with E-state index in [1.54, 1.807) is 0 Å². The van der Waals surface area contributed by atoms with E-state index >= 15 is 0 Å². The average molecular weight is 271 g/mol. The van der Waals surface area contributed by atoms with E-state index in [1.165, 1.54) is 50.3 Å². The van der Waals surface area contributed by atoms with Gasteiger partial charge in [-0.1, -0.05) is 50.3 Å². The van der Waals surface area contributed by atoms with E-state index in [9.17, 15) is 0 Å². The summed E-state index contributed by atoms with van der Waals surface area (Å²) >= 11 is 0. The summed E-state index contributed by atoms with van der Waals surface area (Å²) in [6.45, 7) is 2.22. The van der Waals surface area contributed by atoms with Crippen molar-refractivity contribution in [1.29, 1.82) is 0 Å². The van der Waals surface area contributed by atoms with Gasteiger partial charge in [0.25, 0.3) is 0 Å². The van der Waals surface area contributed by atoms with Gasteiger partial charge in [-0.05, 0) is 31.9 Å². The molecule has 0 saturated heterocycles. The molecule has 108 valence electrons. The Morgan fingerprint density at radius 3 is 2.50 bits per heavy atom. The molecule has 0 radical (unpaired) electrons. The zero-order chi connectivity index (χ0) is 13.8. The third-order valence-corrected chi connectivity index (χ3v) is 4.46. The van der Waals surface area contributed by atoms with E-state index in [1.807, 2.05) is 12.1 Å². The topological polar surface area (TPSA) is 25.2 Å². The lowest BCUT2D eigenvalue weighted by Gasteiger charge is -2.24. The van der Waals surface area contributed by atoms with Crippen molar-refractivity contribution in [2.75, 3.05) is 0 Å². The molecule has 2 nitrogen and oxygen atoms in total. The third kappa shape index (κ3) is 3.24. The molecule has 1 unspecified atom stereocenters. The van der Waals surface area contributed by atoms with Crippen molar-refractivity contribution in [2.24, 2.45) is 0 Å². The normalized spacial score (nSPS) is 19.6. The monoisotopic (exact) mass is 271 g/mol. The van der Waals surface area contributed by atoms with Crippen molar-refractivity contribution in [3.05, 3.63) is 36.1 Å². The molecular formula is C18H25NO. The number of benzene rings is 1. The molecule has 3 rings (SSSR count). The van der Waals surface area contributed by atoms with Crippen LogP contribution in [0.5, 0.6) is 0 Å². The average Bonchev–Trinajstić information content (AvgIpc) is 2.85. The molecule has 0 bridgehead atoms. The Hall–Kier alpha value is -1.28. The second-order valence-corrected chi connectivity index (χ2v) is 6.12. The van der Waals surface area contributed by atoms with E-state index in [4.69, 9.17) is 4.42 Å². The maximum absolute atomic E-state index is 5.96. The second kappa shape index (κ2) is 6.45. The summed E-state index contributed by atoms with van der Waals surface area (Å²) in [5, 5.41) is 4.97. The first-order chi connectivity index (χ1) is 9.83. The molecule has 1 aromatic carbocycles. The van der Waals surface area contributed by atoms with Gasteiger partial charge in [0.2, 0.25) is 0 Å². The Kier molecular flexibility index (Phi) is 4.41. The summed E-state index contributed by atoms with van der Waals surface area (Å²) in [4.78, 5) is 0. The highest BCUT2D eigenvalue weighted by atomic mass is 16.3. The summed E-state index contributed by atoms with van der Waals surface area (Å²) in [5.41, 5.74) is 0.994. The van der Waals surface area contributed by atoms with Gasteiger partial charge in [-0.3, -0.25) is 0 Å². The maximum Gasteiger partial charge on any atom is 0.134 e. The molecule has 1 N–H and O–H groups in total. The minimum Gasteiger partial charge on any atom is -0.459 e. The SMILES string of the molecule is CC(NC1CCCCCCC1)c1cc2ccccc2o1. The summed E-state index contributed by atoms with van der Waals surface area (Å²) in [7, 11) is 0. The fourth-order valence-electron chi connectivity index (χ4n) is 3.27. The number of rotatable bonds is 3. The van der Waals surface area contributed by atoms with Gasteiger partial charge >= 0.3 is 0 Å². The predicted molar refractivity (Wildman–Crippen MR) is 83.9 cm³/mol. The number of hydrogen-bond donors (Lipinski definition) is 1. The van der Waals surface area contributed by atoms with Crippen LogP contribution in [0.4, 0.5) is 0 Å². The lowest BCUT2D eigenvalue weighted by Crippen LogP contribution is -2.31. The zero-order valence-corrected chi connectivity index (χ0v) is 12.4. The smallest absolute Gasteiger partial charge is 0.134 e. The molecule has 1 atom stereocenters.